The number of amides is 2. The Balaban J connectivity index is 3.17. The zero-order valence-corrected chi connectivity index (χ0v) is 19.7. The fraction of sp³-hybridized carbons (Fsp3) is 0.652. The Morgan fingerprint density at radius 2 is 1.69 bits per heavy atom. The maximum atomic E-state index is 13.0. The lowest BCUT2D eigenvalue weighted by Gasteiger charge is -2.31. The molecule has 0 unspecified atom stereocenters. The highest BCUT2D eigenvalue weighted by molar-refractivity contribution is 5.91. The van der Waals surface area contributed by atoms with Gasteiger partial charge >= 0.3 is 0 Å². The Morgan fingerprint density at radius 1 is 1.07 bits per heavy atom. The van der Waals surface area contributed by atoms with Gasteiger partial charge in [0.1, 0.15) is 0 Å². The van der Waals surface area contributed by atoms with Crippen molar-refractivity contribution in [3.8, 4) is 0 Å². The Morgan fingerprint density at radius 3 is 2.17 bits per heavy atom. The quantitative estimate of drug-likeness (QED) is 0.706. The van der Waals surface area contributed by atoms with E-state index in [0.29, 0.717) is 26.1 Å². The third-order valence-electron chi connectivity index (χ3n) is 4.39. The summed E-state index contributed by atoms with van der Waals surface area (Å²) in [6.45, 7) is 13.3. The molecule has 0 aliphatic carbocycles. The largest absolute Gasteiger partial charge is 0.383 e. The molecule has 164 valence electrons. The molecule has 0 saturated carbocycles. The summed E-state index contributed by atoms with van der Waals surface area (Å²) in [4.78, 5) is 29.2. The van der Waals surface area contributed by atoms with Crippen LogP contribution in [-0.2, 0) is 20.9 Å². The molecule has 0 aliphatic rings. The van der Waals surface area contributed by atoms with Crippen LogP contribution in [0, 0.1) is 10.8 Å². The van der Waals surface area contributed by atoms with Crippen molar-refractivity contribution in [3.05, 3.63) is 23.8 Å². The van der Waals surface area contributed by atoms with Crippen LogP contribution in [0.3, 0.4) is 0 Å². The van der Waals surface area contributed by atoms with Gasteiger partial charge in [-0.15, -0.1) is 0 Å². The Labute approximate surface area is 176 Å². The number of ether oxygens (including phenoxy) is 1. The van der Waals surface area contributed by atoms with E-state index in [2.05, 4.69) is 5.32 Å². The lowest BCUT2D eigenvalue weighted by molar-refractivity contribution is -0.140. The van der Waals surface area contributed by atoms with Gasteiger partial charge in [0.15, 0.2) is 0 Å². The highest BCUT2D eigenvalue weighted by Gasteiger charge is 2.28. The van der Waals surface area contributed by atoms with E-state index in [1.807, 2.05) is 83.6 Å². The topological polar surface area (TPSA) is 61.9 Å². The molecular weight excluding hydrogens is 366 g/mol. The fourth-order valence-electron chi connectivity index (χ4n) is 3.05. The number of hydrogen-bond donors (Lipinski definition) is 1. The van der Waals surface area contributed by atoms with Gasteiger partial charge in [-0.3, -0.25) is 9.59 Å². The maximum absolute atomic E-state index is 13.0. The van der Waals surface area contributed by atoms with Crippen LogP contribution in [0.25, 0.3) is 0 Å². The summed E-state index contributed by atoms with van der Waals surface area (Å²) < 4.78 is 5.21. The lowest BCUT2D eigenvalue weighted by Crippen LogP contribution is -2.41. The van der Waals surface area contributed by atoms with Gasteiger partial charge in [0.25, 0.3) is 0 Å². The predicted molar refractivity (Wildman–Crippen MR) is 120 cm³/mol. The summed E-state index contributed by atoms with van der Waals surface area (Å²) in [6.07, 6.45) is 0.445. The summed E-state index contributed by atoms with van der Waals surface area (Å²) in [6, 6.07) is 5.86. The molecule has 0 bridgehead atoms. The molecule has 1 rings (SSSR count). The van der Waals surface area contributed by atoms with E-state index in [9.17, 15) is 9.59 Å². The minimum absolute atomic E-state index is 0.0111. The Hall–Kier alpha value is -2.08. The minimum Gasteiger partial charge on any atom is -0.383 e. The first-order valence-electron chi connectivity index (χ1n) is 10.1. The van der Waals surface area contributed by atoms with Crippen molar-refractivity contribution in [1.29, 1.82) is 0 Å². The van der Waals surface area contributed by atoms with E-state index < -0.39 is 5.41 Å². The predicted octanol–water partition coefficient (Wildman–Crippen LogP) is 4.15. The van der Waals surface area contributed by atoms with E-state index in [0.717, 1.165) is 16.9 Å². The van der Waals surface area contributed by atoms with E-state index in [1.165, 1.54) is 0 Å². The molecule has 6 nitrogen and oxygen atoms in total. The van der Waals surface area contributed by atoms with Crippen LogP contribution in [-0.4, -0.2) is 51.1 Å². The van der Waals surface area contributed by atoms with Gasteiger partial charge in [0, 0.05) is 57.5 Å². The molecule has 0 aliphatic heterocycles. The average Bonchev–Trinajstić information content (AvgIpc) is 2.55. The van der Waals surface area contributed by atoms with Crippen molar-refractivity contribution in [2.75, 3.05) is 44.6 Å². The van der Waals surface area contributed by atoms with Crippen molar-refractivity contribution in [2.45, 2.75) is 54.5 Å². The summed E-state index contributed by atoms with van der Waals surface area (Å²) in [7, 11) is 5.58. The van der Waals surface area contributed by atoms with E-state index in [1.54, 1.807) is 7.11 Å². The number of nitrogens with zero attached hydrogens (tertiary/aromatic N) is 2. The van der Waals surface area contributed by atoms with Crippen LogP contribution in [0.15, 0.2) is 18.2 Å². The van der Waals surface area contributed by atoms with Crippen molar-refractivity contribution in [3.63, 3.8) is 0 Å². The molecule has 29 heavy (non-hydrogen) atoms. The normalized spacial score (nSPS) is 11.9. The number of carbonyl (C=O) groups excluding carboxylic acids is 2. The van der Waals surface area contributed by atoms with Crippen LogP contribution in [0.2, 0.25) is 0 Å². The van der Waals surface area contributed by atoms with E-state index in [4.69, 9.17) is 4.74 Å². The SMILES string of the molecule is COCCN(Cc1cc(NC(=O)CC(C)(C)C)ccc1N(C)C)C(=O)C(C)(C)C. The van der Waals surface area contributed by atoms with Gasteiger partial charge in [-0.1, -0.05) is 41.5 Å². The van der Waals surface area contributed by atoms with Crippen LogP contribution in [0.5, 0.6) is 0 Å². The second kappa shape index (κ2) is 10.1. The first-order valence-corrected chi connectivity index (χ1v) is 10.1. The number of hydrogen-bond acceptors (Lipinski definition) is 4. The molecule has 0 radical (unpaired) electrons. The maximum Gasteiger partial charge on any atom is 0.228 e. The number of anilines is 2. The standard InChI is InChI=1S/C23H39N3O3/c1-22(2,3)15-20(27)24-18-10-11-19(25(7)8)17(14-18)16-26(12-13-29-9)21(28)23(4,5)6/h10-11,14H,12-13,15-16H2,1-9H3,(H,24,27). The number of rotatable bonds is 8. The molecule has 0 saturated heterocycles. The van der Waals surface area contributed by atoms with Gasteiger partial charge < -0.3 is 19.9 Å². The monoisotopic (exact) mass is 405 g/mol. The molecule has 6 heteroatoms. The number of benzene rings is 1. The molecule has 0 fully saturated rings. The molecule has 0 spiro atoms. The summed E-state index contributed by atoms with van der Waals surface area (Å²) in [5.41, 5.74) is 2.19. The molecule has 2 amide bonds. The average molecular weight is 406 g/mol. The Bertz CT molecular complexity index is 700. The smallest absolute Gasteiger partial charge is 0.228 e. The highest BCUT2D eigenvalue weighted by atomic mass is 16.5. The minimum atomic E-state index is -0.482. The van der Waals surface area contributed by atoms with Gasteiger partial charge in [-0.05, 0) is 29.2 Å². The Kier molecular flexibility index (Phi) is 8.69. The summed E-state index contributed by atoms with van der Waals surface area (Å²) in [5.74, 6) is 0.0597. The summed E-state index contributed by atoms with van der Waals surface area (Å²) >= 11 is 0. The van der Waals surface area contributed by atoms with Gasteiger partial charge in [-0.2, -0.15) is 0 Å². The number of methoxy groups -OCH3 is 1. The van der Waals surface area contributed by atoms with Crippen molar-refractivity contribution in [2.24, 2.45) is 10.8 Å². The third kappa shape index (κ3) is 8.44. The molecule has 0 atom stereocenters. The molecule has 1 aromatic rings. The van der Waals surface area contributed by atoms with Crippen molar-refractivity contribution >= 4 is 23.2 Å². The van der Waals surface area contributed by atoms with E-state index >= 15 is 0 Å². The van der Waals surface area contributed by atoms with Crippen LogP contribution in [0.1, 0.15) is 53.5 Å². The van der Waals surface area contributed by atoms with Gasteiger partial charge in [0.2, 0.25) is 11.8 Å². The zero-order valence-electron chi connectivity index (χ0n) is 19.7. The molecule has 0 heterocycles. The van der Waals surface area contributed by atoms with Crippen molar-refractivity contribution in [1.82, 2.24) is 4.90 Å². The molecule has 1 aromatic carbocycles. The van der Waals surface area contributed by atoms with Gasteiger partial charge in [0.05, 0.1) is 6.61 Å². The highest BCUT2D eigenvalue weighted by Crippen LogP contribution is 2.27. The molecule has 0 aromatic heterocycles. The van der Waals surface area contributed by atoms with E-state index in [-0.39, 0.29) is 17.2 Å². The second-order valence-electron chi connectivity index (χ2n) is 9.99. The van der Waals surface area contributed by atoms with Crippen molar-refractivity contribution < 1.29 is 14.3 Å². The summed E-state index contributed by atoms with van der Waals surface area (Å²) in [5, 5.41) is 3.00. The zero-order chi connectivity index (χ0) is 22.4. The van der Waals surface area contributed by atoms with Crippen LogP contribution in [0.4, 0.5) is 11.4 Å². The third-order valence-corrected chi connectivity index (χ3v) is 4.39. The van der Waals surface area contributed by atoms with Crippen LogP contribution < -0.4 is 10.2 Å². The number of nitrogens with one attached hydrogen (secondary N) is 1. The first kappa shape index (κ1) is 25.0. The second-order valence-corrected chi connectivity index (χ2v) is 9.99. The molecular formula is C23H39N3O3. The van der Waals surface area contributed by atoms with Crippen LogP contribution >= 0.6 is 0 Å². The first-order chi connectivity index (χ1) is 13.2. The number of carbonyl (C=O) groups is 2. The van der Waals surface area contributed by atoms with Gasteiger partial charge in [-0.25, -0.2) is 0 Å². The fourth-order valence-corrected chi connectivity index (χ4v) is 3.05. The molecule has 1 N–H and O–H groups in total. The lowest BCUT2D eigenvalue weighted by atomic mass is 9.92.